The van der Waals surface area contributed by atoms with Crippen LogP contribution in [0.3, 0.4) is 0 Å². The minimum absolute atomic E-state index is 0.0626. The summed E-state index contributed by atoms with van der Waals surface area (Å²) in [6, 6.07) is 22.3. The number of aryl methyl sites for hydroxylation is 1. The SMILES string of the molecule is CNC(C)C(=O)N[C@H](C(=O)N1CCC[C@H]1c1ncc(C(=O)c2cccc(OCc3cn(CCCCCCOc4cccc(CNC(=O)c5cccc(NCC(N)=[N+](C)C(=N)c6ccncn6)c5)c4)nn3)c2)s1)C1CCCCC1. The van der Waals surface area contributed by atoms with Crippen LogP contribution in [0.2, 0.25) is 0 Å². The molecule has 78 heavy (non-hydrogen) atoms. The highest BCUT2D eigenvalue weighted by Gasteiger charge is 2.40. The lowest BCUT2D eigenvalue weighted by molar-refractivity contribution is -0.373. The molecule has 0 bridgehead atoms. The number of amidine groups is 2. The summed E-state index contributed by atoms with van der Waals surface area (Å²) in [7, 11) is 3.43. The molecule has 2 aliphatic rings. The van der Waals surface area contributed by atoms with E-state index in [0.717, 1.165) is 86.9 Å². The summed E-state index contributed by atoms with van der Waals surface area (Å²) < 4.78 is 15.5. The number of likely N-dealkylation sites (N-methyl/N-ethyl adjacent to an activating group) is 1. The van der Waals surface area contributed by atoms with Crippen LogP contribution in [-0.4, -0.2) is 120 Å². The van der Waals surface area contributed by atoms with Crippen molar-refractivity contribution in [2.45, 2.75) is 115 Å². The monoisotopic (exact) mass is 1080 g/mol. The minimum atomic E-state index is -0.588. The number of nitrogens with one attached hydrogen (secondary N) is 5. The molecule has 3 aromatic heterocycles. The van der Waals surface area contributed by atoms with Gasteiger partial charge in [0.05, 0.1) is 36.8 Å². The topological polar surface area (TPSA) is 260 Å². The average Bonchev–Trinajstić information content (AvgIpc) is 4.31. The van der Waals surface area contributed by atoms with Crippen molar-refractivity contribution in [2.75, 3.05) is 39.1 Å². The van der Waals surface area contributed by atoms with Crippen LogP contribution in [0.25, 0.3) is 0 Å². The zero-order valence-corrected chi connectivity index (χ0v) is 45.5. The lowest BCUT2D eigenvalue weighted by Crippen LogP contribution is -2.55. The maximum atomic E-state index is 14.2. The highest BCUT2D eigenvalue weighted by molar-refractivity contribution is 7.14. The fraction of sp³-hybridized carbons (Fsp3) is 0.421. The van der Waals surface area contributed by atoms with E-state index in [-0.39, 0.29) is 54.5 Å². The van der Waals surface area contributed by atoms with Crippen LogP contribution in [0, 0.1) is 11.3 Å². The Bertz CT molecular complexity index is 3030. The smallest absolute Gasteiger partial charge is 0.280 e. The van der Waals surface area contributed by atoms with E-state index in [9.17, 15) is 19.2 Å². The molecule has 2 fully saturated rings. The molecule has 20 nitrogen and oxygen atoms in total. The number of rotatable bonds is 26. The van der Waals surface area contributed by atoms with Gasteiger partial charge in [-0.25, -0.2) is 19.5 Å². The van der Waals surface area contributed by atoms with Crippen molar-refractivity contribution in [3.8, 4) is 11.5 Å². The Kier molecular flexibility index (Phi) is 20.2. The summed E-state index contributed by atoms with van der Waals surface area (Å²) in [6.07, 6.45) is 16.8. The predicted octanol–water partition coefficient (Wildman–Crippen LogP) is 6.68. The van der Waals surface area contributed by atoms with Crippen LogP contribution in [-0.2, 0) is 29.3 Å². The summed E-state index contributed by atoms with van der Waals surface area (Å²) in [6.45, 7) is 4.44. The van der Waals surface area contributed by atoms with Crippen molar-refractivity contribution in [2.24, 2.45) is 11.7 Å². The molecular weight excluding hydrogens is 1010 g/mol. The van der Waals surface area contributed by atoms with Gasteiger partial charge in [0, 0.05) is 48.8 Å². The second-order valence-corrected chi connectivity index (χ2v) is 20.8. The van der Waals surface area contributed by atoms with Crippen LogP contribution in [0.5, 0.6) is 11.5 Å². The van der Waals surface area contributed by atoms with Crippen molar-refractivity contribution in [3.05, 3.63) is 142 Å². The lowest BCUT2D eigenvalue weighted by Gasteiger charge is -2.35. The Labute approximate surface area is 459 Å². The van der Waals surface area contributed by atoms with Gasteiger partial charge in [-0.05, 0) is 119 Å². The van der Waals surface area contributed by atoms with Gasteiger partial charge in [-0.1, -0.05) is 61.2 Å². The van der Waals surface area contributed by atoms with Crippen molar-refractivity contribution in [1.29, 1.82) is 5.41 Å². The number of unbranched alkanes of at least 4 members (excludes halogenated alkanes) is 3. The van der Waals surface area contributed by atoms with Gasteiger partial charge in [-0.2, -0.15) is 5.41 Å². The molecule has 6 aromatic rings. The van der Waals surface area contributed by atoms with Crippen molar-refractivity contribution < 1.29 is 33.2 Å². The number of amides is 3. The molecule has 3 aromatic carbocycles. The first-order valence-corrected chi connectivity index (χ1v) is 27.7. The van der Waals surface area contributed by atoms with Crippen molar-refractivity contribution in [3.63, 3.8) is 0 Å². The molecule has 410 valence electrons. The molecule has 7 N–H and O–H groups in total. The second kappa shape index (κ2) is 27.9. The number of carbonyl (C=O) groups is 4. The minimum Gasteiger partial charge on any atom is -0.494 e. The van der Waals surface area contributed by atoms with E-state index in [1.807, 2.05) is 46.1 Å². The third-order valence-electron chi connectivity index (χ3n) is 14.2. The van der Waals surface area contributed by atoms with E-state index in [0.29, 0.717) is 70.9 Å². The van der Waals surface area contributed by atoms with Crippen LogP contribution < -0.4 is 36.5 Å². The van der Waals surface area contributed by atoms with Gasteiger partial charge in [-0.3, -0.25) is 23.9 Å². The van der Waals surface area contributed by atoms with Crippen LogP contribution in [0.15, 0.2) is 104 Å². The van der Waals surface area contributed by atoms with Gasteiger partial charge in [0.1, 0.15) is 53.4 Å². The second-order valence-electron chi connectivity index (χ2n) is 19.8. The molecule has 3 atom stereocenters. The third kappa shape index (κ3) is 15.4. The Morgan fingerprint density at radius 3 is 2.49 bits per heavy atom. The number of carbonyl (C=O) groups excluding carboxylic acids is 4. The van der Waals surface area contributed by atoms with Crippen LogP contribution in [0.4, 0.5) is 5.69 Å². The number of anilines is 1. The molecule has 1 unspecified atom stereocenters. The number of nitrogens with zero attached hydrogens (tertiary/aromatic N) is 8. The van der Waals surface area contributed by atoms with Gasteiger partial charge in [0.2, 0.25) is 23.4 Å². The molecular formula is C57H71N14O6S+. The van der Waals surface area contributed by atoms with Gasteiger partial charge in [0.15, 0.2) is 0 Å². The van der Waals surface area contributed by atoms with Crippen molar-refractivity contribution in [1.82, 2.24) is 50.8 Å². The summed E-state index contributed by atoms with van der Waals surface area (Å²) in [5.41, 5.74) is 9.99. The highest BCUT2D eigenvalue weighted by atomic mass is 32.1. The van der Waals surface area contributed by atoms with E-state index in [4.69, 9.17) is 20.6 Å². The van der Waals surface area contributed by atoms with E-state index in [1.54, 1.807) is 86.5 Å². The van der Waals surface area contributed by atoms with Crippen LogP contribution >= 0.6 is 11.3 Å². The lowest BCUT2D eigenvalue weighted by atomic mass is 9.83. The van der Waals surface area contributed by atoms with E-state index < -0.39 is 12.1 Å². The van der Waals surface area contributed by atoms with Crippen molar-refractivity contribution >= 4 is 52.2 Å². The first-order valence-electron chi connectivity index (χ1n) is 26.9. The number of ether oxygens (including phenoxy) is 2. The normalized spacial score (nSPS) is 15.7. The maximum Gasteiger partial charge on any atom is 0.280 e. The molecule has 1 saturated carbocycles. The largest absolute Gasteiger partial charge is 0.494 e. The molecule has 0 radical (unpaired) electrons. The number of benzene rings is 3. The molecule has 8 rings (SSSR count). The summed E-state index contributed by atoms with van der Waals surface area (Å²) >= 11 is 1.32. The summed E-state index contributed by atoms with van der Waals surface area (Å²) in [4.78, 5) is 69.2. The molecule has 3 amide bonds. The summed E-state index contributed by atoms with van der Waals surface area (Å²) in [5.74, 6) is 1.29. The quantitative estimate of drug-likeness (QED) is 0.0109. The fourth-order valence-electron chi connectivity index (χ4n) is 9.59. The standard InChI is InChI=1S/C57H70N14O6S/c1-38(60-2)54(73)66-51(40-16-7-6-8-17-40)57(75)71-27-14-23-48(71)56-64-33-49(78-56)52(72)41-18-13-22-46(31-41)77-36-44-35-70(68-67-44)26-9-4-5-10-28-76-45-21-11-15-39(29-45)32-63-55(74)42-19-12-20-43(30-42)62-34-50(58)69(3)53(59)47-24-25-61-37-65-47/h11-13,15,18-22,24-25,29-31,33,35,37-38,40,48,51,58-60,62H,4-10,14,16-17,23,26-28,32,34,36H2,1-3H3,(H2,63,66,73,74)/p+1/t38?,48-,51-/m0/s1. The molecule has 0 spiro atoms. The third-order valence-corrected chi connectivity index (χ3v) is 15.3. The Morgan fingerprint density at radius 2 is 1.68 bits per heavy atom. The molecule has 4 heterocycles. The molecule has 21 heteroatoms. The molecule has 1 aliphatic carbocycles. The van der Waals surface area contributed by atoms with Gasteiger partial charge < -0.3 is 41.4 Å². The highest BCUT2D eigenvalue weighted by Crippen LogP contribution is 2.37. The molecule has 1 aliphatic heterocycles. The van der Waals surface area contributed by atoms with E-state index in [1.165, 1.54) is 17.7 Å². The number of hydrogen-bond acceptors (Lipinski definition) is 15. The van der Waals surface area contributed by atoms with E-state index >= 15 is 0 Å². The average molecular weight is 1080 g/mol. The maximum absolute atomic E-state index is 14.2. The first kappa shape index (κ1) is 56.3. The predicted molar refractivity (Wildman–Crippen MR) is 298 cm³/mol. The fourth-order valence-corrected chi connectivity index (χ4v) is 10.6. The zero-order chi connectivity index (χ0) is 54.8. The van der Waals surface area contributed by atoms with Gasteiger partial charge >= 0.3 is 0 Å². The number of nitrogens with two attached hydrogens (primary N) is 1. The Morgan fingerprint density at radius 1 is 0.897 bits per heavy atom. The molecule has 1 saturated heterocycles. The van der Waals surface area contributed by atoms with Gasteiger partial charge in [0.25, 0.3) is 11.7 Å². The zero-order valence-electron chi connectivity index (χ0n) is 44.7. The van der Waals surface area contributed by atoms with Crippen LogP contribution in [0.1, 0.15) is 131 Å². The van der Waals surface area contributed by atoms with Gasteiger partial charge in [-0.15, -0.1) is 16.4 Å². The number of thiazole rings is 1. The Hall–Kier alpha value is -7.91. The Balaban J connectivity index is 0.723. The summed E-state index contributed by atoms with van der Waals surface area (Å²) in [5, 5.41) is 30.0. The number of likely N-dealkylation sites (tertiary alicyclic amines) is 1. The number of ketones is 1. The number of aromatic nitrogens is 6. The van der Waals surface area contributed by atoms with E-state index in [2.05, 4.69) is 46.5 Å². The first-order chi connectivity index (χ1) is 37.9. The number of hydrogen-bond donors (Lipinski definition) is 6.